The van der Waals surface area contributed by atoms with Crippen LogP contribution in [0.2, 0.25) is 0 Å². The van der Waals surface area contributed by atoms with Gasteiger partial charge in [-0.15, -0.1) is 0 Å². The largest absolute Gasteiger partial charge is 0.493 e. The Morgan fingerprint density at radius 1 is 0.971 bits per heavy atom. The van der Waals surface area contributed by atoms with Crippen molar-refractivity contribution in [3.8, 4) is 17.2 Å². The lowest BCUT2D eigenvalue weighted by Gasteiger charge is -2.29. The molecule has 0 saturated heterocycles. The average molecular weight is 544 g/mol. The number of sulfonamides is 1. The molecular weight excluding hydrogens is 518 g/mol. The first-order valence-electron chi connectivity index (χ1n) is 10.6. The first kappa shape index (κ1) is 24.2. The van der Waals surface area contributed by atoms with Crippen molar-refractivity contribution < 1.29 is 22.6 Å². The van der Waals surface area contributed by atoms with E-state index < -0.39 is 15.6 Å². The summed E-state index contributed by atoms with van der Waals surface area (Å²) in [6.07, 6.45) is 3.99. The minimum absolute atomic E-state index is 0.105. The number of benzene rings is 3. The minimum Gasteiger partial charge on any atom is -0.493 e. The van der Waals surface area contributed by atoms with Crippen LogP contribution in [0.3, 0.4) is 0 Å². The van der Waals surface area contributed by atoms with Gasteiger partial charge in [0.25, 0.3) is 10.0 Å². The Hall–Kier alpha value is -2.97. The molecule has 6 nitrogen and oxygen atoms in total. The zero-order valence-corrected chi connectivity index (χ0v) is 21.8. The monoisotopic (exact) mass is 543 g/mol. The van der Waals surface area contributed by atoms with E-state index in [1.54, 1.807) is 18.2 Å². The smallest absolute Gasteiger partial charge is 0.264 e. The Morgan fingerprint density at radius 3 is 2.35 bits per heavy atom. The maximum Gasteiger partial charge on any atom is 0.264 e. The second kappa shape index (κ2) is 9.35. The van der Waals surface area contributed by atoms with Gasteiger partial charge in [-0.2, -0.15) is 0 Å². The quantitative estimate of drug-likeness (QED) is 0.363. The molecule has 178 valence electrons. The SMILES string of the molecule is COc1ccc(S(=O)(=O)N(Cc2cc3c(cc2Br)OC(C)(C)C=C3)c2ccccc2)cc1OC. The van der Waals surface area contributed by atoms with Crippen LogP contribution in [0.4, 0.5) is 5.69 Å². The predicted molar refractivity (Wildman–Crippen MR) is 137 cm³/mol. The lowest BCUT2D eigenvalue weighted by atomic mass is 10.0. The molecule has 0 N–H and O–H groups in total. The molecule has 0 atom stereocenters. The summed E-state index contributed by atoms with van der Waals surface area (Å²) in [5.74, 6) is 1.55. The summed E-state index contributed by atoms with van der Waals surface area (Å²) in [5, 5.41) is 0. The van der Waals surface area contributed by atoms with Gasteiger partial charge in [-0.3, -0.25) is 4.31 Å². The number of fused-ring (bicyclic) bond motifs is 1. The molecule has 0 spiro atoms. The molecule has 0 amide bonds. The van der Waals surface area contributed by atoms with Crippen molar-refractivity contribution in [2.45, 2.75) is 30.9 Å². The Kier molecular flexibility index (Phi) is 6.64. The van der Waals surface area contributed by atoms with E-state index in [2.05, 4.69) is 15.9 Å². The summed E-state index contributed by atoms with van der Waals surface area (Å²) < 4.78 is 46.5. The van der Waals surface area contributed by atoms with Crippen molar-refractivity contribution in [1.82, 2.24) is 0 Å². The van der Waals surface area contributed by atoms with E-state index in [-0.39, 0.29) is 11.4 Å². The third-order valence-electron chi connectivity index (χ3n) is 5.52. The van der Waals surface area contributed by atoms with Gasteiger partial charge in [0.15, 0.2) is 11.5 Å². The van der Waals surface area contributed by atoms with Gasteiger partial charge in [0.05, 0.1) is 31.3 Å². The van der Waals surface area contributed by atoms with Crippen molar-refractivity contribution in [3.63, 3.8) is 0 Å². The van der Waals surface area contributed by atoms with Gasteiger partial charge in [0, 0.05) is 16.1 Å². The second-order valence-electron chi connectivity index (χ2n) is 8.38. The third-order valence-corrected chi connectivity index (χ3v) is 8.03. The number of hydrogen-bond acceptors (Lipinski definition) is 5. The zero-order valence-electron chi connectivity index (χ0n) is 19.4. The number of anilines is 1. The van der Waals surface area contributed by atoms with Crippen molar-refractivity contribution in [2.75, 3.05) is 18.5 Å². The molecule has 3 aromatic rings. The first-order chi connectivity index (χ1) is 16.1. The molecule has 0 aromatic heterocycles. The van der Waals surface area contributed by atoms with Gasteiger partial charge in [-0.25, -0.2) is 8.42 Å². The lowest BCUT2D eigenvalue weighted by Crippen LogP contribution is -2.31. The van der Waals surface area contributed by atoms with Crippen LogP contribution in [0.1, 0.15) is 25.0 Å². The predicted octanol–water partition coefficient (Wildman–Crippen LogP) is 6.05. The number of rotatable bonds is 7. The van der Waals surface area contributed by atoms with Gasteiger partial charge in [0.2, 0.25) is 0 Å². The molecule has 0 unspecified atom stereocenters. The molecule has 1 aliphatic rings. The second-order valence-corrected chi connectivity index (χ2v) is 11.1. The van der Waals surface area contributed by atoms with Crippen molar-refractivity contribution in [3.05, 3.63) is 82.3 Å². The third kappa shape index (κ3) is 4.79. The van der Waals surface area contributed by atoms with Gasteiger partial charge in [0.1, 0.15) is 11.4 Å². The summed E-state index contributed by atoms with van der Waals surface area (Å²) in [5.41, 5.74) is 1.85. The maximum atomic E-state index is 13.9. The topological polar surface area (TPSA) is 65.1 Å². The Bertz CT molecular complexity index is 1340. The summed E-state index contributed by atoms with van der Waals surface area (Å²) in [4.78, 5) is 0.105. The van der Waals surface area contributed by atoms with Crippen LogP contribution in [0.25, 0.3) is 6.08 Å². The van der Waals surface area contributed by atoms with E-state index in [0.717, 1.165) is 21.3 Å². The lowest BCUT2D eigenvalue weighted by molar-refractivity contribution is 0.159. The van der Waals surface area contributed by atoms with Crippen LogP contribution in [0.15, 0.2) is 76.1 Å². The maximum absolute atomic E-state index is 13.9. The summed E-state index contributed by atoms with van der Waals surface area (Å²) in [6, 6.07) is 17.5. The molecule has 4 rings (SSSR count). The van der Waals surface area contributed by atoms with Crippen molar-refractivity contribution in [1.29, 1.82) is 0 Å². The molecule has 1 heterocycles. The molecule has 0 bridgehead atoms. The van der Waals surface area contributed by atoms with Gasteiger partial charge >= 0.3 is 0 Å². The standard InChI is InChI=1S/C26H26BrNO5S/c1-26(2)13-12-18-14-19(22(27)16-24(18)33-26)17-28(20-8-6-5-7-9-20)34(29,30)21-10-11-23(31-3)25(15-21)32-4/h5-16H,17H2,1-4H3. The fourth-order valence-corrected chi connectivity index (χ4v) is 5.64. The number of nitrogens with zero attached hydrogens (tertiary/aromatic N) is 1. The fourth-order valence-electron chi connectivity index (χ4n) is 3.73. The van der Waals surface area contributed by atoms with Crippen LogP contribution in [0, 0.1) is 0 Å². The van der Waals surface area contributed by atoms with Crippen LogP contribution >= 0.6 is 15.9 Å². The highest BCUT2D eigenvalue weighted by atomic mass is 79.9. The van der Waals surface area contributed by atoms with E-state index in [4.69, 9.17) is 14.2 Å². The summed E-state index contributed by atoms with van der Waals surface area (Å²) >= 11 is 3.62. The van der Waals surface area contributed by atoms with E-state index in [1.807, 2.05) is 56.3 Å². The number of ether oxygens (including phenoxy) is 3. The highest BCUT2D eigenvalue weighted by Crippen LogP contribution is 2.37. The van der Waals surface area contributed by atoms with Gasteiger partial charge in [-0.05, 0) is 61.9 Å². The average Bonchev–Trinajstić information content (AvgIpc) is 2.82. The van der Waals surface area contributed by atoms with Crippen LogP contribution in [0.5, 0.6) is 17.2 Å². The van der Waals surface area contributed by atoms with Crippen LogP contribution in [-0.4, -0.2) is 28.2 Å². The first-order valence-corrected chi connectivity index (χ1v) is 12.9. The molecule has 3 aromatic carbocycles. The normalized spacial score (nSPS) is 14.1. The van der Waals surface area contributed by atoms with E-state index >= 15 is 0 Å². The van der Waals surface area contributed by atoms with Crippen LogP contribution in [-0.2, 0) is 16.6 Å². The Morgan fingerprint density at radius 2 is 1.68 bits per heavy atom. The molecule has 0 radical (unpaired) electrons. The Balaban J connectivity index is 1.79. The molecular formula is C26H26BrNO5S. The molecule has 8 heteroatoms. The molecule has 34 heavy (non-hydrogen) atoms. The van der Waals surface area contributed by atoms with Crippen LogP contribution < -0.4 is 18.5 Å². The summed E-state index contributed by atoms with van der Waals surface area (Å²) in [7, 11) is -0.953. The van der Waals surface area contributed by atoms with Gasteiger partial charge < -0.3 is 14.2 Å². The number of para-hydroxylation sites is 1. The van der Waals surface area contributed by atoms with E-state index in [1.165, 1.54) is 30.7 Å². The highest BCUT2D eigenvalue weighted by Gasteiger charge is 2.28. The summed E-state index contributed by atoms with van der Waals surface area (Å²) in [6.45, 7) is 4.09. The molecule has 0 aliphatic carbocycles. The highest BCUT2D eigenvalue weighted by molar-refractivity contribution is 9.10. The molecule has 1 aliphatic heterocycles. The van der Waals surface area contributed by atoms with E-state index in [0.29, 0.717) is 17.2 Å². The van der Waals surface area contributed by atoms with Gasteiger partial charge in [-0.1, -0.05) is 40.2 Å². The zero-order chi connectivity index (χ0) is 24.5. The van der Waals surface area contributed by atoms with E-state index in [9.17, 15) is 8.42 Å². The number of hydrogen-bond donors (Lipinski definition) is 0. The fraction of sp³-hybridized carbons (Fsp3) is 0.231. The number of halogens is 1. The van der Waals surface area contributed by atoms with Crippen molar-refractivity contribution >= 4 is 37.7 Å². The number of methoxy groups -OCH3 is 2. The molecule has 0 fully saturated rings. The Labute approximate surface area is 208 Å². The molecule has 0 saturated carbocycles. The minimum atomic E-state index is -3.94. The van der Waals surface area contributed by atoms with Crippen molar-refractivity contribution in [2.24, 2.45) is 0 Å².